The van der Waals surface area contributed by atoms with Gasteiger partial charge in [-0.15, -0.1) is 4.68 Å². The average molecular weight is 581 g/mol. The zero-order chi connectivity index (χ0) is 23.1. The summed E-state index contributed by atoms with van der Waals surface area (Å²) in [6.07, 6.45) is 4.18. The summed E-state index contributed by atoms with van der Waals surface area (Å²) in [6, 6.07) is 14.6. The number of aromatic nitrogens is 3. The third-order valence-electron chi connectivity index (χ3n) is 5.71. The van der Waals surface area contributed by atoms with E-state index in [-0.39, 0.29) is 24.2 Å². The van der Waals surface area contributed by atoms with Gasteiger partial charge in [-0.1, -0.05) is 57.3 Å². The molecule has 0 radical (unpaired) electrons. The van der Waals surface area contributed by atoms with Crippen LogP contribution in [0.4, 0.5) is 0 Å². The second-order valence-corrected chi connectivity index (χ2v) is 9.55. The molecule has 0 aliphatic carbocycles. The summed E-state index contributed by atoms with van der Waals surface area (Å²) in [7, 11) is 0. The minimum absolute atomic E-state index is 0. The van der Waals surface area contributed by atoms with Crippen molar-refractivity contribution in [2.45, 2.75) is 19.5 Å². The van der Waals surface area contributed by atoms with Gasteiger partial charge >= 0.3 is 0 Å². The van der Waals surface area contributed by atoms with Crippen molar-refractivity contribution < 1.29 is 26.6 Å². The van der Waals surface area contributed by atoms with E-state index in [1.807, 2.05) is 35.2 Å². The van der Waals surface area contributed by atoms with Crippen molar-refractivity contribution in [3.05, 3.63) is 92.4 Å². The number of imide groups is 1. The molecule has 0 spiro atoms. The Morgan fingerprint density at radius 2 is 1.74 bits per heavy atom. The smallest absolute Gasteiger partial charge is 0.265 e. The van der Waals surface area contributed by atoms with E-state index in [4.69, 9.17) is 23.2 Å². The highest BCUT2D eigenvalue weighted by Gasteiger charge is 2.32. The summed E-state index contributed by atoms with van der Waals surface area (Å²) in [6.45, 7) is 1.44. The Bertz CT molecular complexity index is 1400. The Morgan fingerprint density at radius 1 is 0.971 bits per heavy atom. The predicted octanol–water partition coefficient (Wildman–Crippen LogP) is 2.13. The first-order valence-corrected chi connectivity index (χ1v) is 11.9. The second kappa shape index (κ2) is 10.0. The lowest BCUT2D eigenvalue weighted by Crippen LogP contribution is -3.00. The second-order valence-electron chi connectivity index (χ2n) is 7.86. The van der Waals surface area contributed by atoms with Gasteiger partial charge in [-0.3, -0.25) is 14.5 Å². The molecule has 34 heavy (non-hydrogen) atoms. The van der Waals surface area contributed by atoms with Crippen LogP contribution >= 0.6 is 39.1 Å². The molecule has 0 fully saturated rings. The molecule has 4 aromatic rings. The van der Waals surface area contributed by atoms with E-state index in [9.17, 15) is 9.59 Å². The van der Waals surface area contributed by atoms with Crippen molar-refractivity contribution >= 4 is 61.7 Å². The van der Waals surface area contributed by atoms with Crippen molar-refractivity contribution in [1.82, 2.24) is 14.7 Å². The van der Waals surface area contributed by atoms with Crippen LogP contribution in [0, 0.1) is 0 Å². The van der Waals surface area contributed by atoms with Crippen molar-refractivity contribution in [3.63, 3.8) is 0 Å². The van der Waals surface area contributed by atoms with Crippen LogP contribution in [-0.4, -0.2) is 33.0 Å². The average Bonchev–Trinajstić information content (AvgIpc) is 3.24. The van der Waals surface area contributed by atoms with Crippen LogP contribution in [-0.2, 0) is 13.1 Å². The molecule has 0 saturated heterocycles. The van der Waals surface area contributed by atoms with Gasteiger partial charge in [0.2, 0.25) is 6.33 Å². The fourth-order valence-electron chi connectivity index (χ4n) is 4.11. The normalized spacial score (nSPS) is 12.9. The number of hydrogen-bond donors (Lipinski definition) is 0. The first-order valence-electron chi connectivity index (χ1n) is 10.4. The molecule has 1 aromatic heterocycles. The van der Waals surface area contributed by atoms with Gasteiger partial charge in [0.05, 0.1) is 6.54 Å². The molecule has 1 aliphatic heterocycles. The largest absolute Gasteiger partial charge is 1.00 e. The molecule has 0 bridgehead atoms. The lowest BCUT2D eigenvalue weighted by Gasteiger charge is -2.27. The molecule has 0 saturated carbocycles. The Balaban J connectivity index is 0.00000274. The molecular weight excluding hydrogens is 563 g/mol. The van der Waals surface area contributed by atoms with Crippen molar-refractivity contribution in [1.29, 1.82) is 0 Å². The standard InChI is InChI=1S/C24H18BrCl2N4O2.ClH/c25-20-8-7-19-22-17(20)3-1-4-18(22)23(32)31(24(19)33)10-2-9-30-14-29(13-28-30)12-15-5-6-16(26)11-21(15)27;/h1,3-8,11,13-14H,2,9-10,12H2;1H/q+1;/p-1. The minimum Gasteiger partial charge on any atom is -1.00 e. The van der Waals surface area contributed by atoms with E-state index in [1.165, 1.54) is 4.90 Å². The fraction of sp³-hybridized carbons (Fsp3) is 0.167. The van der Waals surface area contributed by atoms with Crippen molar-refractivity contribution in [2.24, 2.45) is 0 Å². The number of halogens is 4. The van der Waals surface area contributed by atoms with Crippen LogP contribution in [0.1, 0.15) is 32.7 Å². The fourth-order valence-corrected chi connectivity index (χ4v) is 5.04. The highest BCUT2D eigenvalue weighted by Crippen LogP contribution is 2.34. The van der Waals surface area contributed by atoms with Gasteiger partial charge in [-0.05, 0) is 42.1 Å². The van der Waals surface area contributed by atoms with Crippen LogP contribution < -0.4 is 17.0 Å². The van der Waals surface area contributed by atoms with Gasteiger partial charge in [-0.25, -0.2) is 4.57 Å². The third-order valence-corrected chi connectivity index (χ3v) is 6.98. The van der Waals surface area contributed by atoms with E-state index < -0.39 is 0 Å². The topological polar surface area (TPSA) is 59.1 Å². The van der Waals surface area contributed by atoms with Crippen molar-refractivity contribution in [2.75, 3.05) is 6.54 Å². The first-order chi connectivity index (χ1) is 15.9. The van der Waals surface area contributed by atoms with Gasteiger partial charge in [-0.2, -0.15) is 0 Å². The zero-order valence-corrected chi connectivity index (χ0v) is 21.6. The molecule has 6 nitrogen and oxygen atoms in total. The maximum Gasteiger partial charge on any atom is 0.265 e. The quantitative estimate of drug-likeness (QED) is 0.260. The summed E-state index contributed by atoms with van der Waals surface area (Å²) in [5.41, 5.74) is 2.05. The summed E-state index contributed by atoms with van der Waals surface area (Å²) in [5, 5.41) is 7.16. The highest BCUT2D eigenvalue weighted by atomic mass is 79.9. The Hall–Kier alpha value is -2.45. The van der Waals surface area contributed by atoms with Gasteiger partial charge in [0.15, 0.2) is 0 Å². The summed E-state index contributed by atoms with van der Waals surface area (Å²) >= 11 is 15.7. The zero-order valence-electron chi connectivity index (χ0n) is 17.7. The molecule has 0 atom stereocenters. The van der Waals surface area contributed by atoms with E-state index in [1.54, 1.807) is 35.3 Å². The highest BCUT2D eigenvalue weighted by molar-refractivity contribution is 9.10. The van der Waals surface area contributed by atoms with Crippen LogP contribution in [0.5, 0.6) is 0 Å². The minimum atomic E-state index is -0.260. The lowest BCUT2D eigenvalue weighted by atomic mass is 9.94. The molecule has 0 unspecified atom stereocenters. The Morgan fingerprint density at radius 3 is 2.50 bits per heavy atom. The molecule has 2 amide bonds. The first kappa shape index (κ1) is 24.7. The Labute approximate surface area is 220 Å². The maximum atomic E-state index is 13.1. The van der Waals surface area contributed by atoms with E-state index in [2.05, 4.69) is 21.0 Å². The molecule has 3 aromatic carbocycles. The van der Waals surface area contributed by atoms with Crippen LogP contribution in [0.2, 0.25) is 10.0 Å². The molecule has 10 heteroatoms. The van der Waals surface area contributed by atoms with Gasteiger partial charge in [0.25, 0.3) is 18.1 Å². The number of carbonyl (C=O) groups excluding carboxylic acids is 2. The molecule has 5 rings (SSSR count). The SMILES string of the molecule is O=C1c2cccc3c(Br)ccc(c23)C(=O)N1CCCn1c[n+](Cc2ccc(Cl)cc2Cl)cn1.[Cl-]. The molecule has 174 valence electrons. The van der Waals surface area contributed by atoms with Crippen LogP contribution in [0.3, 0.4) is 0 Å². The van der Waals surface area contributed by atoms with Crippen molar-refractivity contribution in [3.8, 4) is 0 Å². The van der Waals surface area contributed by atoms with Crippen LogP contribution in [0.15, 0.2) is 65.7 Å². The maximum absolute atomic E-state index is 13.1. The Kier molecular flexibility index (Phi) is 7.28. The van der Waals surface area contributed by atoms with E-state index in [0.717, 1.165) is 15.4 Å². The summed E-state index contributed by atoms with van der Waals surface area (Å²) < 4.78 is 4.57. The van der Waals surface area contributed by atoms with Gasteiger partial charge < -0.3 is 12.4 Å². The van der Waals surface area contributed by atoms with Gasteiger partial charge in [0, 0.05) is 48.2 Å². The molecule has 0 N–H and O–H groups in total. The number of hydrogen-bond acceptors (Lipinski definition) is 3. The number of rotatable bonds is 6. The monoisotopic (exact) mass is 578 g/mol. The number of aryl methyl sites for hydroxylation is 1. The lowest BCUT2D eigenvalue weighted by molar-refractivity contribution is -0.689. The summed E-state index contributed by atoms with van der Waals surface area (Å²) in [4.78, 5) is 27.5. The molecular formula is C24H18BrCl3N4O2. The number of amides is 2. The number of carbonyl (C=O) groups is 2. The van der Waals surface area contributed by atoms with Gasteiger partial charge in [0.1, 0.15) is 6.54 Å². The summed E-state index contributed by atoms with van der Waals surface area (Å²) in [5.74, 6) is -0.520. The predicted molar refractivity (Wildman–Crippen MR) is 130 cm³/mol. The molecule has 1 aliphatic rings. The van der Waals surface area contributed by atoms with Crippen LogP contribution in [0.25, 0.3) is 10.8 Å². The van der Waals surface area contributed by atoms with E-state index >= 15 is 0 Å². The van der Waals surface area contributed by atoms with E-state index in [0.29, 0.717) is 52.6 Å². The third kappa shape index (κ3) is 4.58. The number of benzene rings is 3. The molecule has 2 heterocycles. The number of nitrogens with zero attached hydrogens (tertiary/aromatic N) is 4.